The van der Waals surface area contributed by atoms with Crippen LogP contribution in [-0.4, -0.2) is 32.3 Å². The Labute approximate surface area is 123 Å². The Balaban J connectivity index is 4.71. The normalized spacial score (nSPS) is 15.1. The van der Waals surface area contributed by atoms with E-state index in [2.05, 4.69) is 5.32 Å². The molecule has 0 aromatic rings. The monoisotopic (exact) mass is 302 g/mol. The number of carbonyl (C=O) groups excluding carboxylic acids is 2. The Kier molecular flexibility index (Phi) is 7.44. The molecule has 3 N–H and O–H groups in total. The first-order valence-corrected chi connectivity index (χ1v) is 10.6. The SMILES string of the molecule is CC(C)CC(N)C(=O)NC(C(=O)O[Si](C)(C)C)C(C)C. The van der Waals surface area contributed by atoms with Crippen LogP contribution in [0.15, 0.2) is 0 Å². The molecule has 0 spiro atoms. The van der Waals surface area contributed by atoms with Crippen LogP contribution in [0.5, 0.6) is 0 Å². The number of carbonyl (C=O) groups is 2. The molecule has 20 heavy (non-hydrogen) atoms. The van der Waals surface area contributed by atoms with Crippen LogP contribution in [0.1, 0.15) is 34.1 Å². The number of amides is 1. The first-order valence-electron chi connectivity index (χ1n) is 7.23. The molecule has 6 heteroatoms. The van der Waals surface area contributed by atoms with E-state index in [1.807, 2.05) is 47.3 Å². The van der Waals surface area contributed by atoms with Crippen molar-refractivity contribution in [2.75, 3.05) is 0 Å². The van der Waals surface area contributed by atoms with Crippen LogP contribution in [0.2, 0.25) is 19.6 Å². The highest BCUT2D eigenvalue weighted by Gasteiger charge is 2.31. The van der Waals surface area contributed by atoms with Crippen molar-refractivity contribution in [3.05, 3.63) is 0 Å². The van der Waals surface area contributed by atoms with Crippen molar-refractivity contribution < 1.29 is 14.0 Å². The van der Waals surface area contributed by atoms with E-state index >= 15 is 0 Å². The van der Waals surface area contributed by atoms with E-state index in [0.29, 0.717) is 12.3 Å². The topological polar surface area (TPSA) is 81.4 Å². The summed E-state index contributed by atoms with van der Waals surface area (Å²) in [4.78, 5) is 24.2. The molecular formula is C14H30N2O3Si. The standard InChI is InChI=1S/C14H30N2O3Si/c1-9(2)8-11(15)13(17)16-12(10(3)4)14(18)19-20(5,6)7/h9-12H,8,15H2,1-7H3,(H,16,17). The third-order valence-corrected chi connectivity index (χ3v) is 3.50. The van der Waals surface area contributed by atoms with Crippen LogP contribution in [0.3, 0.4) is 0 Å². The predicted molar refractivity (Wildman–Crippen MR) is 83.6 cm³/mol. The van der Waals surface area contributed by atoms with Crippen LogP contribution in [0.4, 0.5) is 0 Å². The lowest BCUT2D eigenvalue weighted by molar-refractivity contribution is -0.141. The molecule has 2 atom stereocenters. The van der Waals surface area contributed by atoms with Gasteiger partial charge in [0, 0.05) is 0 Å². The van der Waals surface area contributed by atoms with Gasteiger partial charge in [0.05, 0.1) is 6.04 Å². The molecule has 0 saturated carbocycles. The summed E-state index contributed by atoms with van der Waals surface area (Å²) in [6.45, 7) is 13.6. The third kappa shape index (κ3) is 7.64. The quantitative estimate of drug-likeness (QED) is 0.704. The molecule has 0 rings (SSSR count). The van der Waals surface area contributed by atoms with Gasteiger partial charge in [0.25, 0.3) is 0 Å². The second-order valence-corrected chi connectivity index (χ2v) is 11.4. The summed E-state index contributed by atoms with van der Waals surface area (Å²) in [5.41, 5.74) is 5.84. The fourth-order valence-electron chi connectivity index (χ4n) is 1.74. The minimum atomic E-state index is -1.97. The van der Waals surface area contributed by atoms with E-state index in [9.17, 15) is 9.59 Å². The lowest BCUT2D eigenvalue weighted by Gasteiger charge is -2.27. The molecular weight excluding hydrogens is 272 g/mol. The Morgan fingerprint density at radius 1 is 1.15 bits per heavy atom. The highest BCUT2D eigenvalue weighted by Crippen LogP contribution is 2.11. The minimum absolute atomic E-state index is 0.0333. The Bertz CT molecular complexity index is 338. The van der Waals surface area contributed by atoms with Gasteiger partial charge in [0.1, 0.15) is 6.04 Å². The molecule has 0 fully saturated rings. The van der Waals surface area contributed by atoms with Gasteiger partial charge >= 0.3 is 5.97 Å². The minimum Gasteiger partial charge on any atom is -0.518 e. The second-order valence-electron chi connectivity index (χ2n) is 7.00. The number of nitrogens with two attached hydrogens (primary N) is 1. The molecule has 5 nitrogen and oxygen atoms in total. The zero-order valence-corrected chi connectivity index (χ0v) is 14.8. The van der Waals surface area contributed by atoms with Crippen molar-refractivity contribution in [2.24, 2.45) is 17.6 Å². The Hall–Kier alpha value is -0.883. The van der Waals surface area contributed by atoms with E-state index in [4.69, 9.17) is 10.2 Å². The highest BCUT2D eigenvalue weighted by molar-refractivity contribution is 6.71. The average Bonchev–Trinajstić information content (AvgIpc) is 2.21. The zero-order valence-electron chi connectivity index (χ0n) is 13.8. The van der Waals surface area contributed by atoms with Crippen LogP contribution in [0, 0.1) is 11.8 Å². The number of rotatable bonds is 7. The molecule has 0 aromatic heterocycles. The Morgan fingerprint density at radius 3 is 2.00 bits per heavy atom. The maximum atomic E-state index is 12.1. The summed E-state index contributed by atoms with van der Waals surface area (Å²) >= 11 is 0. The van der Waals surface area contributed by atoms with Crippen molar-refractivity contribution in [3.8, 4) is 0 Å². The van der Waals surface area contributed by atoms with Gasteiger partial charge in [-0.1, -0.05) is 27.7 Å². The highest BCUT2D eigenvalue weighted by atomic mass is 28.4. The maximum absolute atomic E-state index is 12.1. The molecule has 118 valence electrons. The lowest BCUT2D eigenvalue weighted by atomic mass is 10.0. The van der Waals surface area contributed by atoms with Gasteiger partial charge in [-0.25, -0.2) is 0 Å². The van der Waals surface area contributed by atoms with Gasteiger partial charge in [-0.2, -0.15) is 0 Å². The van der Waals surface area contributed by atoms with Crippen LogP contribution in [0.25, 0.3) is 0 Å². The van der Waals surface area contributed by atoms with Crippen molar-refractivity contribution in [3.63, 3.8) is 0 Å². The fraction of sp³-hybridized carbons (Fsp3) is 0.857. The molecule has 0 aromatic carbocycles. The Morgan fingerprint density at radius 2 is 1.65 bits per heavy atom. The van der Waals surface area contributed by atoms with Crippen LogP contribution in [-0.2, 0) is 14.0 Å². The molecule has 1 amide bonds. The van der Waals surface area contributed by atoms with Gasteiger partial charge in [-0.05, 0) is 37.9 Å². The number of nitrogens with one attached hydrogen (secondary N) is 1. The van der Waals surface area contributed by atoms with Crippen molar-refractivity contribution in [1.29, 1.82) is 0 Å². The maximum Gasteiger partial charge on any atom is 0.315 e. The molecule has 0 heterocycles. The van der Waals surface area contributed by atoms with Crippen LogP contribution >= 0.6 is 0 Å². The number of hydrogen-bond donors (Lipinski definition) is 2. The molecule has 0 saturated heterocycles. The average molecular weight is 302 g/mol. The molecule has 0 aliphatic rings. The van der Waals surface area contributed by atoms with Crippen molar-refractivity contribution in [2.45, 2.75) is 65.8 Å². The van der Waals surface area contributed by atoms with E-state index < -0.39 is 20.4 Å². The van der Waals surface area contributed by atoms with Crippen LogP contribution < -0.4 is 11.1 Å². The molecule has 0 aliphatic carbocycles. The molecule has 0 bridgehead atoms. The van der Waals surface area contributed by atoms with Gasteiger partial charge in [-0.15, -0.1) is 0 Å². The number of hydrogen-bond acceptors (Lipinski definition) is 4. The summed E-state index contributed by atoms with van der Waals surface area (Å²) in [6, 6.07) is -1.22. The van der Waals surface area contributed by atoms with E-state index in [1.54, 1.807) is 0 Å². The zero-order chi connectivity index (χ0) is 16.1. The smallest absolute Gasteiger partial charge is 0.315 e. The summed E-state index contributed by atoms with van der Waals surface area (Å²) in [5, 5.41) is 2.73. The largest absolute Gasteiger partial charge is 0.518 e. The summed E-state index contributed by atoms with van der Waals surface area (Å²) in [6.07, 6.45) is 0.597. The van der Waals surface area contributed by atoms with Crippen molar-refractivity contribution in [1.82, 2.24) is 5.32 Å². The molecule has 0 aliphatic heterocycles. The van der Waals surface area contributed by atoms with Crippen molar-refractivity contribution >= 4 is 20.2 Å². The fourth-order valence-corrected chi connectivity index (χ4v) is 2.47. The predicted octanol–water partition coefficient (Wildman–Crippen LogP) is 1.88. The summed E-state index contributed by atoms with van der Waals surface area (Å²) in [7, 11) is -1.97. The lowest BCUT2D eigenvalue weighted by Crippen LogP contribution is -2.52. The first kappa shape index (κ1) is 19.1. The van der Waals surface area contributed by atoms with Gasteiger partial charge < -0.3 is 15.5 Å². The summed E-state index contributed by atoms with van der Waals surface area (Å²) < 4.78 is 5.47. The molecule has 0 radical (unpaired) electrons. The third-order valence-electron chi connectivity index (χ3n) is 2.69. The molecule has 2 unspecified atom stereocenters. The van der Waals surface area contributed by atoms with E-state index in [0.717, 1.165) is 0 Å². The van der Waals surface area contributed by atoms with Gasteiger partial charge in [0.2, 0.25) is 14.2 Å². The van der Waals surface area contributed by atoms with Gasteiger partial charge in [-0.3, -0.25) is 9.59 Å². The van der Waals surface area contributed by atoms with E-state index in [-0.39, 0.29) is 17.8 Å². The van der Waals surface area contributed by atoms with E-state index in [1.165, 1.54) is 0 Å². The second kappa shape index (κ2) is 7.78. The summed E-state index contributed by atoms with van der Waals surface area (Å²) in [5.74, 6) is -0.342. The van der Waals surface area contributed by atoms with Gasteiger partial charge in [0.15, 0.2) is 0 Å². The first-order chi connectivity index (χ1) is 8.94.